The van der Waals surface area contributed by atoms with Crippen molar-refractivity contribution in [2.45, 2.75) is 19.4 Å². The number of methoxy groups -OCH3 is 2. The zero-order chi connectivity index (χ0) is 16.4. The third-order valence-corrected chi connectivity index (χ3v) is 3.45. The van der Waals surface area contributed by atoms with Gasteiger partial charge in [0.1, 0.15) is 0 Å². The van der Waals surface area contributed by atoms with Crippen LogP contribution in [0.15, 0.2) is 24.3 Å². The highest BCUT2D eigenvalue weighted by Crippen LogP contribution is 2.14. The Morgan fingerprint density at radius 3 is 2.41 bits per heavy atom. The first-order valence-electron chi connectivity index (χ1n) is 7.50. The van der Waals surface area contributed by atoms with Gasteiger partial charge in [0.2, 0.25) is 5.91 Å². The zero-order valence-electron chi connectivity index (χ0n) is 13.7. The van der Waals surface area contributed by atoms with Crippen LogP contribution in [0.25, 0.3) is 0 Å². The molecule has 0 aromatic heterocycles. The Kier molecular flexibility index (Phi) is 8.50. The Morgan fingerprint density at radius 1 is 1.27 bits per heavy atom. The molecule has 0 radical (unpaired) electrons. The minimum atomic E-state index is -0.230. The van der Waals surface area contributed by atoms with Gasteiger partial charge in [0.15, 0.2) is 0 Å². The Hall–Kier alpha value is -1.63. The molecule has 1 atom stereocenters. The largest absolute Gasteiger partial charge is 0.399 e. The van der Waals surface area contributed by atoms with Gasteiger partial charge in [0.25, 0.3) is 0 Å². The molecule has 1 amide bonds. The molecule has 1 aromatic carbocycles. The van der Waals surface area contributed by atoms with E-state index in [2.05, 4.69) is 10.2 Å². The van der Waals surface area contributed by atoms with Gasteiger partial charge in [-0.05, 0) is 24.6 Å². The van der Waals surface area contributed by atoms with E-state index in [0.717, 1.165) is 0 Å². The average molecular weight is 309 g/mol. The van der Waals surface area contributed by atoms with E-state index in [-0.39, 0.29) is 11.9 Å². The molecule has 0 heterocycles. The summed E-state index contributed by atoms with van der Waals surface area (Å²) in [5.41, 5.74) is 7.08. The van der Waals surface area contributed by atoms with Crippen LogP contribution in [-0.2, 0) is 14.3 Å². The van der Waals surface area contributed by atoms with Crippen molar-refractivity contribution in [1.82, 2.24) is 4.90 Å². The lowest BCUT2D eigenvalue weighted by Gasteiger charge is -2.29. The Morgan fingerprint density at radius 2 is 1.91 bits per heavy atom. The van der Waals surface area contributed by atoms with Gasteiger partial charge in [-0.25, -0.2) is 0 Å². The average Bonchev–Trinajstić information content (AvgIpc) is 2.50. The molecule has 0 saturated heterocycles. The van der Waals surface area contributed by atoms with Gasteiger partial charge in [-0.1, -0.05) is 13.0 Å². The molecular weight excluding hydrogens is 282 g/mol. The molecule has 0 aliphatic heterocycles. The van der Waals surface area contributed by atoms with Crippen LogP contribution in [0.2, 0.25) is 0 Å². The molecule has 6 nitrogen and oxygen atoms in total. The summed E-state index contributed by atoms with van der Waals surface area (Å²) in [4.78, 5) is 14.6. The van der Waals surface area contributed by atoms with Crippen LogP contribution >= 0.6 is 0 Å². The molecular formula is C16H27N3O3. The molecule has 0 spiro atoms. The van der Waals surface area contributed by atoms with E-state index in [0.29, 0.717) is 44.1 Å². The quantitative estimate of drug-likeness (QED) is 0.642. The summed E-state index contributed by atoms with van der Waals surface area (Å²) in [6.45, 7) is 4.51. The number of nitrogens with two attached hydrogens (primary N) is 1. The van der Waals surface area contributed by atoms with Gasteiger partial charge < -0.3 is 20.5 Å². The summed E-state index contributed by atoms with van der Waals surface area (Å²) in [5.74, 6) is -0.0414. The van der Waals surface area contributed by atoms with Crippen LogP contribution in [0.3, 0.4) is 0 Å². The van der Waals surface area contributed by atoms with Crippen molar-refractivity contribution < 1.29 is 14.3 Å². The highest BCUT2D eigenvalue weighted by atomic mass is 16.5. The standard InChI is InChI=1S/C16H27N3O3/c1-4-15(19(8-10-21-2)9-11-22-3)16(20)18-14-7-5-6-13(17)12-14/h5-7,12,15H,4,8-11,17H2,1-3H3,(H,18,20). The second kappa shape index (κ2) is 10.2. The molecule has 0 aliphatic rings. The first kappa shape index (κ1) is 18.4. The lowest BCUT2D eigenvalue weighted by atomic mass is 10.1. The highest BCUT2D eigenvalue weighted by molar-refractivity contribution is 5.95. The second-order valence-corrected chi connectivity index (χ2v) is 5.06. The van der Waals surface area contributed by atoms with Crippen molar-refractivity contribution >= 4 is 17.3 Å². The first-order valence-corrected chi connectivity index (χ1v) is 7.50. The van der Waals surface area contributed by atoms with E-state index < -0.39 is 0 Å². The maximum atomic E-state index is 12.5. The van der Waals surface area contributed by atoms with Crippen LogP contribution in [0.1, 0.15) is 13.3 Å². The van der Waals surface area contributed by atoms with Gasteiger partial charge in [0, 0.05) is 38.7 Å². The second-order valence-electron chi connectivity index (χ2n) is 5.06. The molecule has 0 aliphatic carbocycles. The van der Waals surface area contributed by atoms with Crippen LogP contribution in [0, 0.1) is 0 Å². The van der Waals surface area contributed by atoms with E-state index >= 15 is 0 Å². The van der Waals surface area contributed by atoms with Crippen molar-refractivity contribution in [3.8, 4) is 0 Å². The minimum Gasteiger partial charge on any atom is -0.399 e. The number of carbonyl (C=O) groups is 1. The summed E-state index contributed by atoms with van der Waals surface area (Å²) in [6.07, 6.45) is 0.710. The van der Waals surface area contributed by atoms with Crippen LogP contribution in [0.5, 0.6) is 0 Å². The summed E-state index contributed by atoms with van der Waals surface area (Å²) < 4.78 is 10.3. The highest BCUT2D eigenvalue weighted by Gasteiger charge is 2.24. The molecule has 1 rings (SSSR count). The maximum absolute atomic E-state index is 12.5. The molecule has 0 bridgehead atoms. The van der Waals surface area contributed by atoms with E-state index in [1.165, 1.54) is 0 Å². The Bertz CT molecular complexity index is 446. The first-order chi connectivity index (χ1) is 10.6. The summed E-state index contributed by atoms with van der Waals surface area (Å²) in [7, 11) is 3.31. The van der Waals surface area contributed by atoms with Crippen molar-refractivity contribution in [2.75, 3.05) is 51.6 Å². The van der Waals surface area contributed by atoms with E-state index in [9.17, 15) is 4.79 Å². The third kappa shape index (κ3) is 6.01. The Balaban J connectivity index is 2.73. The normalized spacial score (nSPS) is 12.4. The molecule has 1 unspecified atom stereocenters. The fourth-order valence-corrected chi connectivity index (χ4v) is 2.29. The number of nitrogens with one attached hydrogen (secondary N) is 1. The van der Waals surface area contributed by atoms with Gasteiger partial charge in [-0.15, -0.1) is 0 Å². The lowest BCUT2D eigenvalue weighted by Crippen LogP contribution is -2.46. The summed E-state index contributed by atoms with van der Waals surface area (Å²) >= 11 is 0. The summed E-state index contributed by atoms with van der Waals surface area (Å²) in [6, 6.07) is 6.96. The SMILES string of the molecule is CCC(C(=O)Nc1cccc(N)c1)N(CCOC)CCOC. The maximum Gasteiger partial charge on any atom is 0.241 e. The van der Waals surface area contributed by atoms with Crippen LogP contribution in [-0.4, -0.2) is 57.4 Å². The van der Waals surface area contributed by atoms with Crippen molar-refractivity contribution in [3.63, 3.8) is 0 Å². The van der Waals surface area contributed by atoms with E-state index in [4.69, 9.17) is 15.2 Å². The smallest absolute Gasteiger partial charge is 0.241 e. The zero-order valence-corrected chi connectivity index (χ0v) is 13.7. The topological polar surface area (TPSA) is 76.8 Å². The van der Waals surface area contributed by atoms with Crippen LogP contribution < -0.4 is 11.1 Å². The fourth-order valence-electron chi connectivity index (χ4n) is 2.29. The number of rotatable bonds is 10. The molecule has 6 heteroatoms. The predicted octanol–water partition coefficient (Wildman–Crippen LogP) is 1.58. The number of hydrogen-bond acceptors (Lipinski definition) is 5. The van der Waals surface area contributed by atoms with Crippen LogP contribution in [0.4, 0.5) is 11.4 Å². The van der Waals surface area contributed by atoms with Crippen molar-refractivity contribution in [1.29, 1.82) is 0 Å². The monoisotopic (exact) mass is 309 g/mol. The number of anilines is 2. The predicted molar refractivity (Wildman–Crippen MR) is 88.9 cm³/mol. The number of amides is 1. The molecule has 0 saturated carbocycles. The number of carbonyl (C=O) groups excluding carboxylic acids is 1. The number of nitrogens with zero attached hydrogens (tertiary/aromatic N) is 1. The van der Waals surface area contributed by atoms with Crippen molar-refractivity contribution in [3.05, 3.63) is 24.3 Å². The van der Waals surface area contributed by atoms with Gasteiger partial charge in [-0.3, -0.25) is 9.69 Å². The van der Waals surface area contributed by atoms with E-state index in [1.807, 2.05) is 19.1 Å². The van der Waals surface area contributed by atoms with Gasteiger partial charge in [0.05, 0.1) is 19.3 Å². The lowest BCUT2D eigenvalue weighted by molar-refractivity contribution is -0.121. The number of benzene rings is 1. The molecule has 0 fully saturated rings. The summed E-state index contributed by atoms with van der Waals surface area (Å²) in [5, 5.41) is 2.92. The minimum absolute atomic E-state index is 0.0414. The molecule has 3 N–H and O–H groups in total. The van der Waals surface area contributed by atoms with E-state index in [1.54, 1.807) is 26.4 Å². The fraction of sp³-hybridized carbons (Fsp3) is 0.562. The van der Waals surface area contributed by atoms with Crippen molar-refractivity contribution in [2.24, 2.45) is 0 Å². The molecule has 22 heavy (non-hydrogen) atoms. The number of nitrogen functional groups attached to an aromatic ring is 1. The van der Waals surface area contributed by atoms with Gasteiger partial charge in [-0.2, -0.15) is 0 Å². The van der Waals surface area contributed by atoms with Gasteiger partial charge >= 0.3 is 0 Å². The number of ether oxygens (including phenoxy) is 2. The molecule has 124 valence electrons. The molecule has 1 aromatic rings. The number of hydrogen-bond donors (Lipinski definition) is 2. The third-order valence-electron chi connectivity index (χ3n) is 3.45. The Labute approximate surface area is 132 Å².